The number of Topliss-reactive ketones (excluding diaryl/α,β-unsaturated/α-hetero) is 2. The van der Waals surface area contributed by atoms with Gasteiger partial charge in [0.05, 0.1) is 23.6 Å². The van der Waals surface area contributed by atoms with Gasteiger partial charge in [0.1, 0.15) is 29.1 Å². The van der Waals surface area contributed by atoms with Crippen LogP contribution in [-0.4, -0.2) is 86.0 Å². The van der Waals surface area contributed by atoms with Gasteiger partial charge in [-0.1, -0.05) is 31.2 Å². The number of rotatable bonds is 4. The Kier molecular flexibility index (Phi) is 6.21. The maximum atomic E-state index is 14.0. The average molecular weight is 549 g/mol. The van der Waals surface area contributed by atoms with E-state index in [2.05, 4.69) is 0 Å². The van der Waals surface area contributed by atoms with Gasteiger partial charge in [0.25, 0.3) is 5.91 Å². The zero-order valence-electron chi connectivity index (χ0n) is 21.8. The number of hydrogen-bond donors (Lipinski definition) is 6. The van der Waals surface area contributed by atoms with Crippen molar-refractivity contribution in [1.29, 1.82) is 0 Å². The second-order valence-corrected chi connectivity index (χ2v) is 10.7. The normalized spacial score (nSPS) is 29.7. The third-order valence-corrected chi connectivity index (χ3v) is 8.44. The highest BCUT2D eigenvalue weighted by molar-refractivity contribution is 6.25. The molecule has 0 radical (unpaired) electrons. The largest absolute Gasteiger partial charge is 0.510 e. The molecule has 11 nitrogen and oxygen atoms in total. The van der Waals surface area contributed by atoms with Crippen molar-refractivity contribution in [2.45, 2.75) is 30.6 Å². The summed E-state index contributed by atoms with van der Waals surface area (Å²) in [7, 11) is 2.94. The number of ketones is 2. The lowest BCUT2D eigenvalue weighted by Crippen LogP contribution is -2.68. The number of phenols is 1. The molecule has 3 aliphatic rings. The van der Waals surface area contributed by atoms with Gasteiger partial charge in [0.15, 0.2) is 11.4 Å². The summed E-state index contributed by atoms with van der Waals surface area (Å²) < 4.78 is 0. The molecule has 2 aromatic rings. The van der Waals surface area contributed by atoms with E-state index in [-0.39, 0.29) is 5.56 Å². The SMILES string of the molecule is C[C@H]1c2c(-c3cccc(C=O)c3)ccc(O)c2C(=O)C2=C(O)[C@]3(O)C(=O)C(C(N)=O)=C(O)[C@@H](N(C)C)[C@@H]3[C@@H](O)[C@@H]21. The van der Waals surface area contributed by atoms with E-state index in [0.717, 1.165) is 0 Å². The quantitative estimate of drug-likeness (QED) is 0.238. The van der Waals surface area contributed by atoms with Crippen molar-refractivity contribution in [2.75, 3.05) is 14.1 Å². The summed E-state index contributed by atoms with van der Waals surface area (Å²) in [5.41, 5.74) is 2.48. The number of aldehydes is 1. The first-order valence-electron chi connectivity index (χ1n) is 12.5. The Balaban J connectivity index is 1.81. The number of benzene rings is 2. The number of phenolic OH excluding ortho intramolecular Hbond substituents is 1. The number of aliphatic hydroxyl groups is 4. The Hall–Kier alpha value is -4.32. The van der Waals surface area contributed by atoms with E-state index < -0.39 is 81.4 Å². The van der Waals surface area contributed by atoms with E-state index in [1.807, 2.05) is 0 Å². The molecular weight excluding hydrogens is 520 g/mol. The Morgan fingerprint density at radius 2 is 1.77 bits per heavy atom. The standard InChI is InChI=1S/C29H28N2O9/c1-11-16-14(13-6-4-5-12(9-13)10-32)7-8-15(33)18(16)23(34)19-17(11)24(35)21-22(31(2)3)25(36)20(28(30)39)27(38)29(21,40)26(19)37/h4-11,17,21-22,24,33,35-37,40H,1-3H3,(H2,30,39)/t11-,17+,21+,22-,24-,29-/m0/s1. The number of nitrogens with two attached hydrogens (primary N) is 1. The minimum absolute atomic E-state index is 0.200. The number of aliphatic hydroxyl groups excluding tert-OH is 3. The minimum atomic E-state index is -2.98. The Labute approximate surface area is 228 Å². The summed E-state index contributed by atoms with van der Waals surface area (Å²) in [5.74, 6) is -9.60. The average Bonchev–Trinajstić information content (AvgIpc) is 2.90. The van der Waals surface area contributed by atoms with Crippen LogP contribution in [0.5, 0.6) is 5.75 Å². The maximum Gasteiger partial charge on any atom is 0.255 e. The lowest BCUT2D eigenvalue weighted by atomic mass is 9.55. The lowest BCUT2D eigenvalue weighted by Gasteiger charge is -2.53. The molecule has 0 saturated heterocycles. The molecule has 208 valence electrons. The molecule has 0 aliphatic heterocycles. The monoisotopic (exact) mass is 548 g/mol. The fraction of sp³-hybridized carbons (Fsp3) is 0.310. The summed E-state index contributed by atoms with van der Waals surface area (Å²) in [6, 6.07) is 8.08. The van der Waals surface area contributed by atoms with Crippen molar-refractivity contribution in [3.63, 3.8) is 0 Å². The Morgan fingerprint density at radius 1 is 1.10 bits per heavy atom. The number of fused-ring (bicyclic) bond motifs is 3. The number of carbonyl (C=O) groups is 4. The lowest BCUT2D eigenvalue weighted by molar-refractivity contribution is -0.162. The highest BCUT2D eigenvalue weighted by Gasteiger charge is 2.67. The first kappa shape index (κ1) is 27.3. The van der Waals surface area contributed by atoms with E-state index in [1.54, 1.807) is 37.3 Å². The van der Waals surface area contributed by atoms with Crippen molar-refractivity contribution in [3.05, 3.63) is 75.8 Å². The first-order chi connectivity index (χ1) is 18.8. The van der Waals surface area contributed by atoms with E-state index in [9.17, 15) is 44.7 Å². The molecule has 5 rings (SSSR count). The predicted molar refractivity (Wildman–Crippen MR) is 141 cm³/mol. The minimum Gasteiger partial charge on any atom is -0.510 e. The van der Waals surface area contributed by atoms with Crippen LogP contribution in [0.25, 0.3) is 11.1 Å². The molecule has 40 heavy (non-hydrogen) atoms. The molecule has 1 amide bonds. The van der Waals surface area contributed by atoms with Crippen molar-refractivity contribution < 1.29 is 44.7 Å². The van der Waals surface area contributed by atoms with E-state index in [4.69, 9.17) is 5.73 Å². The number of amides is 1. The van der Waals surface area contributed by atoms with Gasteiger partial charge in [-0.3, -0.25) is 24.1 Å². The number of hydrogen-bond acceptors (Lipinski definition) is 10. The Morgan fingerprint density at radius 3 is 2.38 bits per heavy atom. The van der Waals surface area contributed by atoms with Gasteiger partial charge >= 0.3 is 0 Å². The van der Waals surface area contributed by atoms with Crippen molar-refractivity contribution in [2.24, 2.45) is 17.6 Å². The zero-order valence-corrected chi connectivity index (χ0v) is 21.8. The van der Waals surface area contributed by atoms with Gasteiger partial charge in [-0.15, -0.1) is 0 Å². The number of nitrogens with zero attached hydrogens (tertiary/aromatic N) is 1. The molecule has 0 unspecified atom stereocenters. The Bertz CT molecular complexity index is 1570. The second-order valence-electron chi connectivity index (χ2n) is 10.7. The fourth-order valence-electron chi connectivity index (χ4n) is 6.73. The molecule has 0 fully saturated rings. The van der Waals surface area contributed by atoms with Gasteiger partial charge < -0.3 is 31.3 Å². The third-order valence-electron chi connectivity index (χ3n) is 8.44. The van der Waals surface area contributed by atoms with Crippen LogP contribution in [0.2, 0.25) is 0 Å². The van der Waals surface area contributed by atoms with Gasteiger partial charge in [0, 0.05) is 17.1 Å². The summed E-state index contributed by atoms with van der Waals surface area (Å²) in [4.78, 5) is 52.3. The molecule has 0 bridgehead atoms. The summed E-state index contributed by atoms with van der Waals surface area (Å²) in [6.45, 7) is 1.66. The number of carbonyl (C=O) groups excluding carboxylic acids is 4. The van der Waals surface area contributed by atoms with Crippen molar-refractivity contribution in [1.82, 2.24) is 4.90 Å². The van der Waals surface area contributed by atoms with Gasteiger partial charge in [-0.2, -0.15) is 0 Å². The second kappa shape index (κ2) is 9.12. The summed E-state index contributed by atoms with van der Waals surface area (Å²) >= 11 is 0. The molecule has 6 atom stereocenters. The molecule has 0 spiro atoms. The molecule has 0 saturated carbocycles. The highest BCUT2D eigenvalue weighted by Crippen LogP contribution is 2.56. The molecule has 2 aromatic carbocycles. The van der Waals surface area contributed by atoms with E-state index in [0.29, 0.717) is 28.5 Å². The van der Waals surface area contributed by atoms with Crippen LogP contribution in [0.15, 0.2) is 59.1 Å². The van der Waals surface area contributed by atoms with Crippen LogP contribution in [0, 0.1) is 11.8 Å². The van der Waals surface area contributed by atoms with Crippen LogP contribution in [-0.2, 0) is 9.59 Å². The van der Waals surface area contributed by atoms with Crippen LogP contribution >= 0.6 is 0 Å². The van der Waals surface area contributed by atoms with Crippen molar-refractivity contribution in [3.8, 4) is 16.9 Å². The van der Waals surface area contributed by atoms with Gasteiger partial charge in [-0.25, -0.2) is 0 Å². The molecule has 0 heterocycles. The number of likely N-dealkylation sites (N-methyl/N-ethyl adjacent to an activating group) is 1. The molecule has 3 aliphatic carbocycles. The maximum absolute atomic E-state index is 14.0. The van der Waals surface area contributed by atoms with Gasteiger partial charge in [-0.05, 0) is 48.8 Å². The first-order valence-corrected chi connectivity index (χ1v) is 12.5. The zero-order chi connectivity index (χ0) is 29.4. The van der Waals surface area contributed by atoms with E-state index in [1.165, 1.54) is 25.1 Å². The van der Waals surface area contributed by atoms with E-state index >= 15 is 0 Å². The fourth-order valence-corrected chi connectivity index (χ4v) is 6.73. The highest BCUT2D eigenvalue weighted by atomic mass is 16.4. The van der Waals surface area contributed by atoms with Crippen LogP contribution in [0.4, 0.5) is 0 Å². The van der Waals surface area contributed by atoms with Gasteiger partial charge in [0.2, 0.25) is 5.78 Å². The molecular formula is C29H28N2O9. The van der Waals surface area contributed by atoms with Crippen LogP contribution < -0.4 is 5.73 Å². The topological polar surface area (TPSA) is 199 Å². The summed E-state index contributed by atoms with van der Waals surface area (Å²) in [6.07, 6.45) is -1.04. The molecule has 11 heteroatoms. The third kappa shape index (κ3) is 3.41. The molecule has 7 N–H and O–H groups in total. The number of primary amides is 1. The summed E-state index contributed by atoms with van der Waals surface area (Å²) in [5, 5.41) is 56.7. The number of aromatic hydroxyl groups is 1. The van der Waals surface area contributed by atoms with Crippen LogP contribution in [0.3, 0.4) is 0 Å². The molecule has 0 aromatic heterocycles. The smallest absolute Gasteiger partial charge is 0.255 e. The predicted octanol–water partition coefficient (Wildman–Crippen LogP) is 1.13. The van der Waals surface area contributed by atoms with Crippen molar-refractivity contribution >= 4 is 23.8 Å². The van der Waals surface area contributed by atoms with Crippen LogP contribution in [0.1, 0.15) is 39.1 Å².